The van der Waals surface area contributed by atoms with E-state index in [1.807, 2.05) is 6.92 Å². The second-order valence-electron chi connectivity index (χ2n) is 5.34. The molecule has 3 aliphatic rings. The Morgan fingerprint density at radius 2 is 2.31 bits per heavy atom. The number of hydrogen-bond acceptors (Lipinski definition) is 3. The topological polar surface area (TPSA) is 43.4 Å². The Labute approximate surface area is 94.2 Å². The number of hydrogen-bond donors (Lipinski definition) is 0. The van der Waals surface area contributed by atoms with Gasteiger partial charge in [0, 0.05) is 5.41 Å². The Morgan fingerprint density at radius 3 is 3.00 bits per heavy atom. The molecule has 4 atom stereocenters. The van der Waals surface area contributed by atoms with Crippen molar-refractivity contribution in [3.05, 3.63) is 24.3 Å². The summed E-state index contributed by atoms with van der Waals surface area (Å²) >= 11 is 0. The number of cyclic esters (lactones) is 2. The molecule has 1 saturated heterocycles. The van der Waals surface area contributed by atoms with Gasteiger partial charge < -0.3 is 4.74 Å². The maximum absolute atomic E-state index is 11.7. The molecule has 84 valence electrons. The Hall–Kier alpha value is -1.38. The molecule has 0 spiro atoms. The van der Waals surface area contributed by atoms with E-state index in [1.54, 1.807) is 0 Å². The molecule has 4 unspecified atom stereocenters. The first kappa shape index (κ1) is 9.82. The number of rotatable bonds is 2. The van der Waals surface area contributed by atoms with Gasteiger partial charge in [-0.2, -0.15) is 0 Å². The van der Waals surface area contributed by atoms with Crippen molar-refractivity contribution in [1.29, 1.82) is 0 Å². The van der Waals surface area contributed by atoms with E-state index in [1.165, 1.54) is 0 Å². The highest BCUT2D eigenvalue weighted by molar-refractivity contribution is 5.98. The molecule has 0 aromatic heterocycles. The molecule has 0 aromatic rings. The SMILES string of the molecule is C=C(C)CC12C=CC(C1)C1C(=O)OC(=O)C12. The molecule has 3 nitrogen and oxygen atoms in total. The fourth-order valence-corrected chi connectivity index (χ4v) is 3.70. The van der Waals surface area contributed by atoms with Crippen molar-refractivity contribution in [1.82, 2.24) is 0 Å². The maximum atomic E-state index is 11.7. The van der Waals surface area contributed by atoms with Crippen LogP contribution >= 0.6 is 0 Å². The number of allylic oxidation sites excluding steroid dienone is 3. The summed E-state index contributed by atoms with van der Waals surface area (Å²) in [5.41, 5.74) is 0.864. The highest BCUT2D eigenvalue weighted by atomic mass is 16.6. The molecule has 0 radical (unpaired) electrons. The lowest BCUT2D eigenvalue weighted by Crippen LogP contribution is -2.31. The van der Waals surface area contributed by atoms with Crippen LogP contribution in [0.15, 0.2) is 24.3 Å². The molecule has 16 heavy (non-hydrogen) atoms. The minimum Gasteiger partial charge on any atom is -0.393 e. The standard InChI is InChI=1S/C13H14O3/c1-7(2)5-13-4-3-8(6-13)9-10(13)12(15)16-11(9)14/h3-4,8-10H,1,5-6H2,2H3. The van der Waals surface area contributed by atoms with Gasteiger partial charge >= 0.3 is 11.9 Å². The quantitative estimate of drug-likeness (QED) is 0.403. The van der Waals surface area contributed by atoms with Gasteiger partial charge in [-0.3, -0.25) is 9.59 Å². The van der Waals surface area contributed by atoms with Gasteiger partial charge in [0.25, 0.3) is 0 Å². The van der Waals surface area contributed by atoms with Crippen molar-refractivity contribution in [3.8, 4) is 0 Å². The Bertz CT molecular complexity index is 434. The van der Waals surface area contributed by atoms with Gasteiger partial charge in [-0.05, 0) is 25.7 Å². The Morgan fingerprint density at radius 1 is 1.56 bits per heavy atom. The van der Waals surface area contributed by atoms with Crippen LogP contribution in [-0.2, 0) is 14.3 Å². The molecule has 0 aromatic carbocycles. The van der Waals surface area contributed by atoms with Crippen LogP contribution in [0.3, 0.4) is 0 Å². The van der Waals surface area contributed by atoms with Crippen LogP contribution in [0.2, 0.25) is 0 Å². The van der Waals surface area contributed by atoms with Gasteiger partial charge in [0.05, 0.1) is 11.8 Å². The summed E-state index contributed by atoms with van der Waals surface area (Å²) in [6, 6.07) is 0. The van der Waals surface area contributed by atoms with Crippen molar-refractivity contribution in [2.24, 2.45) is 23.2 Å². The van der Waals surface area contributed by atoms with Gasteiger partial charge in [-0.25, -0.2) is 0 Å². The average Bonchev–Trinajstić information content (AvgIpc) is 2.77. The van der Waals surface area contributed by atoms with E-state index < -0.39 is 0 Å². The van der Waals surface area contributed by atoms with Crippen LogP contribution in [0.1, 0.15) is 19.8 Å². The molecule has 3 rings (SSSR count). The smallest absolute Gasteiger partial charge is 0.318 e. The van der Waals surface area contributed by atoms with Crippen LogP contribution in [0.4, 0.5) is 0 Å². The van der Waals surface area contributed by atoms with Gasteiger partial charge in [-0.15, -0.1) is 6.58 Å². The van der Waals surface area contributed by atoms with Gasteiger partial charge in [0.1, 0.15) is 0 Å². The molecule has 1 saturated carbocycles. The number of esters is 2. The monoisotopic (exact) mass is 218 g/mol. The van der Waals surface area contributed by atoms with Crippen LogP contribution in [0, 0.1) is 23.2 Å². The second kappa shape index (κ2) is 2.84. The van der Waals surface area contributed by atoms with Crippen molar-refractivity contribution in [2.45, 2.75) is 19.8 Å². The molecule has 1 heterocycles. The van der Waals surface area contributed by atoms with Crippen molar-refractivity contribution >= 4 is 11.9 Å². The van der Waals surface area contributed by atoms with Crippen molar-refractivity contribution in [3.63, 3.8) is 0 Å². The lowest BCUT2D eigenvalue weighted by molar-refractivity contribution is -0.155. The average molecular weight is 218 g/mol. The molecule has 0 N–H and O–H groups in total. The largest absolute Gasteiger partial charge is 0.393 e. The fraction of sp³-hybridized carbons (Fsp3) is 0.538. The minimum atomic E-state index is -0.330. The molecule has 2 fully saturated rings. The third-order valence-corrected chi connectivity index (χ3v) is 4.09. The predicted octanol–water partition coefficient (Wildman–Crippen LogP) is 1.84. The summed E-state index contributed by atoms with van der Waals surface area (Å²) in [6.07, 6.45) is 5.86. The first-order valence-corrected chi connectivity index (χ1v) is 5.63. The van der Waals surface area contributed by atoms with E-state index in [-0.39, 0.29) is 35.1 Å². The van der Waals surface area contributed by atoms with Gasteiger partial charge in [-0.1, -0.05) is 17.7 Å². The summed E-state index contributed by atoms with van der Waals surface area (Å²) in [7, 11) is 0. The summed E-state index contributed by atoms with van der Waals surface area (Å²) in [5, 5.41) is 0. The lowest BCUT2D eigenvalue weighted by Gasteiger charge is -2.29. The third kappa shape index (κ3) is 1.03. The third-order valence-electron chi connectivity index (χ3n) is 4.09. The van der Waals surface area contributed by atoms with E-state index in [2.05, 4.69) is 18.7 Å². The Balaban J connectivity index is 2.03. The molecule has 2 bridgehead atoms. The number of ether oxygens (including phenoxy) is 1. The fourth-order valence-electron chi connectivity index (χ4n) is 3.70. The zero-order chi connectivity index (χ0) is 11.5. The number of fused-ring (bicyclic) bond motifs is 5. The number of carbonyl (C=O) groups excluding carboxylic acids is 2. The zero-order valence-corrected chi connectivity index (χ0v) is 9.23. The highest BCUT2D eigenvalue weighted by Crippen LogP contribution is 2.61. The molecule has 1 aliphatic heterocycles. The van der Waals surface area contributed by atoms with Gasteiger partial charge in [0.2, 0.25) is 0 Å². The summed E-state index contributed by atoms with van der Waals surface area (Å²) in [5.74, 6) is -0.942. The Kier molecular flexibility index (Phi) is 1.74. The minimum absolute atomic E-state index is 0.190. The summed E-state index contributed by atoms with van der Waals surface area (Å²) < 4.78 is 4.77. The van der Waals surface area contributed by atoms with Crippen LogP contribution in [-0.4, -0.2) is 11.9 Å². The summed E-state index contributed by atoms with van der Waals surface area (Å²) in [6.45, 7) is 5.88. The first-order chi connectivity index (χ1) is 7.53. The highest BCUT2D eigenvalue weighted by Gasteiger charge is 2.64. The maximum Gasteiger partial charge on any atom is 0.318 e. The van der Waals surface area contributed by atoms with Crippen LogP contribution < -0.4 is 0 Å². The first-order valence-electron chi connectivity index (χ1n) is 5.63. The molecule has 3 heteroatoms. The summed E-state index contributed by atoms with van der Waals surface area (Å²) in [4.78, 5) is 23.3. The second-order valence-corrected chi connectivity index (χ2v) is 5.34. The van der Waals surface area contributed by atoms with Crippen LogP contribution in [0.25, 0.3) is 0 Å². The van der Waals surface area contributed by atoms with Crippen molar-refractivity contribution in [2.75, 3.05) is 0 Å². The molecular weight excluding hydrogens is 204 g/mol. The lowest BCUT2D eigenvalue weighted by atomic mass is 9.71. The van der Waals surface area contributed by atoms with Gasteiger partial charge in [0.15, 0.2) is 0 Å². The predicted molar refractivity (Wildman–Crippen MR) is 57.2 cm³/mol. The van der Waals surface area contributed by atoms with E-state index in [9.17, 15) is 9.59 Å². The van der Waals surface area contributed by atoms with E-state index in [0.29, 0.717) is 0 Å². The normalized spacial score (nSPS) is 43.7. The zero-order valence-electron chi connectivity index (χ0n) is 9.23. The van der Waals surface area contributed by atoms with E-state index >= 15 is 0 Å². The number of carbonyl (C=O) groups is 2. The molecule has 2 aliphatic carbocycles. The van der Waals surface area contributed by atoms with E-state index in [4.69, 9.17) is 4.74 Å². The molecular formula is C13H14O3. The molecule has 0 amide bonds. The van der Waals surface area contributed by atoms with Crippen LogP contribution in [0.5, 0.6) is 0 Å². The van der Waals surface area contributed by atoms with Crippen molar-refractivity contribution < 1.29 is 14.3 Å². The van der Waals surface area contributed by atoms with E-state index in [0.717, 1.165) is 18.4 Å².